The number of para-hydroxylation sites is 3. The van der Waals surface area contributed by atoms with Crippen molar-refractivity contribution in [3.05, 3.63) is 76.0 Å². The Kier molecular flexibility index (Phi) is 3.93. The fourth-order valence-electron chi connectivity index (χ4n) is 3.13. The van der Waals surface area contributed by atoms with Gasteiger partial charge < -0.3 is 10.1 Å². The number of ether oxygens (including phenoxy) is 1. The van der Waals surface area contributed by atoms with E-state index in [0.717, 1.165) is 16.3 Å². The van der Waals surface area contributed by atoms with Crippen LogP contribution in [0.1, 0.15) is 26.3 Å². The minimum atomic E-state index is -0.266. The number of aryl methyl sites for hydroxylation is 1. The average molecular weight is 350 g/mol. The second-order valence-electron chi connectivity index (χ2n) is 5.89. The molecule has 25 heavy (non-hydrogen) atoms. The average Bonchev–Trinajstić information content (AvgIpc) is 3.08. The number of rotatable bonds is 3. The number of hydrogen-bond acceptors (Lipinski definition) is 4. The SMILES string of the molecule is COc1ccccc1N1C(=O)c2ccccc2N[C@@H]1c1ccc(C)s1. The number of thiophene rings is 1. The summed E-state index contributed by atoms with van der Waals surface area (Å²) in [6.45, 7) is 2.07. The van der Waals surface area contributed by atoms with Crippen molar-refractivity contribution in [1.29, 1.82) is 0 Å². The van der Waals surface area contributed by atoms with Crippen LogP contribution < -0.4 is 15.0 Å². The van der Waals surface area contributed by atoms with E-state index in [1.165, 1.54) is 4.88 Å². The van der Waals surface area contributed by atoms with Crippen molar-refractivity contribution < 1.29 is 9.53 Å². The van der Waals surface area contributed by atoms with Crippen LogP contribution in [0.25, 0.3) is 0 Å². The molecule has 5 heteroatoms. The molecule has 0 saturated carbocycles. The van der Waals surface area contributed by atoms with Gasteiger partial charge in [-0.1, -0.05) is 24.3 Å². The fourth-order valence-corrected chi connectivity index (χ4v) is 4.05. The number of nitrogens with one attached hydrogen (secondary N) is 1. The van der Waals surface area contributed by atoms with Crippen LogP contribution >= 0.6 is 11.3 Å². The molecule has 1 amide bonds. The molecule has 2 aromatic carbocycles. The van der Waals surface area contributed by atoms with E-state index in [9.17, 15) is 4.79 Å². The number of carbonyl (C=O) groups is 1. The maximum atomic E-state index is 13.3. The van der Waals surface area contributed by atoms with Crippen molar-refractivity contribution in [2.45, 2.75) is 13.1 Å². The number of nitrogens with zero attached hydrogens (tertiary/aromatic N) is 1. The highest BCUT2D eigenvalue weighted by atomic mass is 32.1. The van der Waals surface area contributed by atoms with Crippen molar-refractivity contribution in [3.8, 4) is 5.75 Å². The molecule has 0 aliphatic carbocycles. The van der Waals surface area contributed by atoms with Gasteiger partial charge in [0.1, 0.15) is 11.9 Å². The van der Waals surface area contributed by atoms with Gasteiger partial charge in [-0.05, 0) is 43.3 Å². The van der Waals surface area contributed by atoms with Crippen LogP contribution in [0.2, 0.25) is 0 Å². The molecule has 0 unspecified atom stereocenters. The minimum absolute atomic E-state index is 0.0325. The lowest BCUT2D eigenvalue weighted by Crippen LogP contribution is -2.43. The Balaban J connectivity index is 1.89. The van der Waals surface area contributed by atoms with Gasteiger partial charge in [-0.2, -0.15) is 0 Å². The molecule has 1 aliphatic rings. The molecule has 4 rings (SSSR count). The van der Waals surface area contributed by atoms with E-state index in [0.29, 0.717) is 11.3 Å². The third-order valence-corrected chi connectivity index (χ3v) is 5.36. The van der Waals surface area contributed by atoms with Crippen LogP contribution in [0.15, 0.2) is 60.7 Å². The third-order valence-electron chi connectivity index (χ3n) is 4.30. The minimum Gasteiger partial charge on any atom is -0.495 e. The molecule has 3 aromatic rings. The Labute approximate surface area is 150 Å². The zero-order chi connectivity index (χ0) is 17.4. The lowest BCUT2D eigenvalue weighted by Gasteiger charge is -2.37. The molecule has 2 heterocycles. The number of benzene rings is 2. The number of carbonyl (C=O) groups excluding carboxylic acids is 1. The van der Waals surface area contributed by atoms with Crippen LogP contribution in [-0.4, -0.2) is 13.0 Å². The van der Waals surface area contributed by atoms with Crippen LogP contribution in [0, 0.1) is 6.92 Å². The summed E-state index contributed by atoms with van der Waals surface area (Å²) in [5.74, 6) is 0.644. The summed E-state index contributed by atoms with van der Waals surface area (Å²) in [5, 5.41) is 3.52. The van der Waals surface area contributed by atoms with Gasteiger partial charge in [0, 0.05) is 15.4 Å². The summed E-state index contributed by atoms with van der Waals surface area (Å²) in [4.78, 5) is 17.4. The highest BCUT2D eigenvalue weighted by Gasteiger charge is 2.35. The van der Waals surface area contributed by atoms with Gasteiger partial charge in [-0.3, -0.25) is 9.69 Å². The number of anilines is 2. The lowest BCUT2D eigenvalue weighted by atomic mass is 10.1. The highest BCUT2D eigenvalue weighted by molar-refractivity contribution is 7.12. The number of fused-ring (bicyclic) bond motifs is 1. The van der Waals surface area contributed by atoms with Gasteiger partial charge in [0.25, 0.3) is 5.91 Å². The molecular formula is C20H18N2O2S. The van der Waals surface area contributed by atoms with Gasteiger partial charge in [0.15, 0.2) is 0 Å². The van der Waals surface area contributed by atoms with E-state index in [1.54, 1.807) is 23.3 Å². The van der Waals surface area contributed by atoms with Crippen LogP contribution in [0.3, 0.4) is 0 Å². The molecule has 0 radical (unpaired) electrons. The molecule has 0 saturated heterocycles. The molecule has 126 valence electrons. The van der Waals surface area contributed by atoms with Gasteiger partial charge in [0.05, 0.1) is 18.4 Å². The monoisotopic (exact) mass is 350 g/mol. The first-order valence-corrected chi connectivity index (χ1v) is 8.89. The Bertz CT molecular complexity index is 935. The Morgan fingerprint density at radius 2 is 1.80 bits per heavy atom. The van der Waals surface area contributed by atoms with E-state index in [2.05, 4.69) is 24.4 Å². The van der Waals surface area contributed by atoms with E-state index in [-0.39, 0.29) is 12.1 Å². The van der Waals surface area contributed by atoms with Crippen molar-refractivity contribution in [2.75, 3.05) is 17.3 Å². The van der Waals surface area contributed by atoms with E-state index in [1.807, 2.05) is 48.5 Å². The standard InChI is InChI=1S/C20H18N2O2S/c1-13-11-12-18(25-13)19-21-15-8-4-3-7-14(15)20(23)22(19)16-9-5-6-10-17(16)24-2/h3-12,19,21H,1-2H3/t19-/m0/s1. The van der Waals surface area contributed by atoms with Crippen LogP contribution in [0.4, 0.5) is 11.4 Å². The predicted octanol–water partition coefficient (Wildman–Crippen LogP) is 4.84. The Morgan fingerprint density at radius 3 is 2.56 bits per heavy atom. The molecule has 1 aromatic heterocycles. The topological polar surface area (TPSA) is 41.6 Å². The molecule has 0 bridgehead atoms. The summed E-state index contributed by atoms with van der Waals surface area (Å²) < 4.78 is 5.51. The summed E-state index contributed by atoms with van der Waals surface area (Å²) in [6, 6.07) is 19.4. The molecule has 1 N–H and O–H groups in total. The van der Waals surface area contributed by atoms with Gasteiger partial charge >= 0.3 is 0 Å². The highest BCUT2D eigenvalue weighted by Crippen LogP contribution is 2.41. The van der Waals surface area contributed by atoms with E-state index < -0.39 is 0 Å². The molecule has 1 atom stereocenters. The molecule has 0 spiro atoms. The van der Waals surface area contributed by atoms with Crippen molar-refractivity contribution >= 4 is 28.6 Å². The molecule has 0 fully saturated rings. The zero-order valence-corrected chi connectivity index (χ0v) is 14.8. The van der Waals surface area contributed by atoms with E-state index >= 15 is 0 Å². The first-order valence-electron chi connectivity index (χ1n) is 8.07. The Morgan fingerprint density at radius 1 is 1.04 bits per heavy atom. The second-order valence-corrected chi connectivity index (χ2v) is 7.21. The lowest BCUT2D eigenvalue weighted by molar-refractivity contribution is 0.0974. The summed E-state index contributed by atoms with van der Waals surface area (Å²) in [6.07, 6.45) is -0.266. The fraction of sp³-hybridized carbons (Fsp3) is 0.150. The smallest absolute Gasteiger partial charge is 0.262 e. The van der Waals surface area contributed by atoms with Gasteiger partial charge in [-0.25, -0.2) is 0 Å². The number of amides is 1. The summed E-state index contributed by atoms with van der Waals surface area (Å²) >= 11 is 1.69. The van der Waals surface area contributed by atoms with Crippen LogP contribution in [-0.2, 0) is 0 Å². The molecule has 1 aliphatic heterocycles. The van der Waals surface area contributed by atoms with Crippen molar-refractivity contribution in [2.24, 2.45) is 0 Å². The third kappa shape index (κ3) is 2.66. The quantitative estimate of drug-likeness (QED) is 0.735. The second kappa shape index (κ2) is 6.26. The Hall–Kier alpha value is -2.79. The number of methoxy groups -OCH3 is 1. The maximum absolute atomic E-state index is 13.3. The van der Waals surface area contributed by atoms with Gasteiger partial charge in [-0.15, -0.1) is 11.3 Å². The predicted molar refractivity (Wildman–Crippen MR) is 102 cm³/mol. The summed E-state index contributed by atoms with van der Waals surface area (Å²) in [7, 11) is 1.62. The van der Waals surface area contributed by atoms with E-state index in [4.69, 9.17) is 4.74 Å². The number of hydrogen-bond donors (Lipinski definition) is 1. The largest absolute Gasteiger partial charge is 0.495 e. The van der Waals surface area contributed by atoms with Crippen molar-refractivity contribution in [3.63, 3.8) is 0 Å². The molecule has 4 nitrogen and oxygen atoms in total. The first kappa shape index (κ1) is 15.7. The zero-order valence-electron chi connectivity index (χ0n) is 14.0. The van der Waals surface area contributed by atoms with Crippen LogP contribution in [0.5, 0.6) is 5.75 Å². The summed E-state index contributed by atoms with van der Waals surface area (Å²) in [5.41, 5.74) is 2.28. The normalized spacial score (nSPS) is 16.3. The maximum Gasteiger partial charge on any atom is 0.262 e. The van der Waals surface area contributed by atoms with Crippen molar-refractivity contribution in [1.82, 2.24) is 0 Å². The van der Waals surface area contributed by atoms with Gasteiger partial charge in [0.2, 0.25) is 0 Å². The molecular weight excluding hydrogens is 332 g/mol. The first-order chi connectivity index (χ1) is 12.2.